The second kappa shape index (κ2) is 6.24. The minimum Gasteiger partial charge on any atom is -0.393 e. The number of urea groups is 1. The fraction of sp³-hybridized carbons (Fsp3) is 0.357. The molecular formula is C14H19N3O2. The average Bonchev–Trinajstić information content (AvgIpc) is 2.85. The van der Waals surface area contributed by atoms with E-state index in [2.05, 4.69) is 15.6 Å². The molecule has 0 aliphatic rings. The van der Waals surface area contributed by atoms with Crippen LogP contribution < -0.4 is 10.6 Å². The van der Waals surface area contributed by atoms with Crippen molar-refractivity contribution in [2.45, 2.75) is 25.9 Å². The van der Waals surface area contributed by atoms with Crippen LogP contribution in [-0.2, 0) is 0 Å². The van der Waals surface area contributed by atoms with Crippen molar-refractivity contribution in [2.75, 3.05) is 11.9 Å². The molecule has 0 saturated carbocycles. The third-order valence-corrected chi connectivity index (χ3v) is 3.05. The number of aliphatic hydroxyl groups is 1. The average molecular weight is 261 g/mol. The number of fused-ring (bicyclic) bond motifs is 1. The van der Waals surface area contributed by atoms with E-state index in [0.29, 0.717) is 19.4 Å². The van der Waals surface area contributed by atoms with Crippen LogP contribution in [0.2, 0.25) is 0 Å². The summed E-state index contributed by atoms with van der Waals surface area (Å²) in [5.41, 5.74) is 1.79. The van der Waals surface area contributed by atoms with Crippen LogP contribution in [0.15, 0.2) is 30.5 Å². The smallest absolute Gasteiger partial charge is 0.319 e. The number of aromatic amines is 1. The van der Waals surface area contributed by atoms with Crippen LogP contribution in [0.3, 0.4) is 0 Å². The maximum atomic E-state index is 11.6. The Bertz CT molecular complexity index is 550. The normalized spacial score (nSPS) is 12.3. The topological polar surface area (TPSA) is 77.2 Å². The molecule has 0 aliphatic carbocycles. The van der Waals surface area contributed by atoms with Crippen molar-refractivity contribution in [3.8, 4) is 0 Å². The molecule has 2 aromatic rings. The van der Waals surface area contributed by atoms with E-state index in [1.165, 1.54) is 0 Å². The quantitative estimate of drug-likeness (QED) is 0.667. The Morgan fingerprint density at radius 2 is 2.26 bits per heavy atom. The second-order valence-corrected chi connectivity index (χ2v) is 4.51. The van der Waals surface area contributed by atoms with Gasteiger partial charge in [0.15, 0.2) is 0 Å². The summed E-state index contributed by atoms with van der Waals surface area (Å²) >= 11 is 0. The van der Waals surface area contributed by atoms with E-state index < -0.39 is 0 Å². The molecule has 0 saturated heterocycles. The number of aliphatic hydroxyl groups excluding tert-OH is 1. The molecule has 0 radical (unpaired) electrons. The first-order valence-electron chi connectivity index (χ1n) is 6.49. The van der Waals surface area contributed by atoms with Gasteiger partial charge in [-0.2, -0.15) is 0 Å². The summed E-state index contributed by atoms with van der Waals surface area (Å²) in [4.78, 5) is 14.7. The van der Waals surface area contributed by atoms with Crippen molar-refractivity contribution in [1.29, 1.82) is 0 Å². The number of aromatic nitrogens is 1. The van der Waals surface area contributed by atoms with Gasteiger partial charge < -0.3 is 20.7 Å². The Morgan fingerprint density at radius 3 is 3.05 bits per heavy atom. The van der Waals surface area contributed by atoms with E-state index in [4.69, 9.17) is 0 Å². The standard InChI is InChI=1S/C14H19N3O2/c1-2-12(18)6-8-16-14(19)17-11-3-4-13-10(9-11)5-7-15-13/h3-5,7,9,12,15,18H,2,6,8H2,1H3,(H2,16,17,19). The van der Waals surface area contributed by atoms with Gasteiger partial charge in [0, 0.05) is 29.3 Å². The lowest BCUT2D eigenvalue weighted by atomic mass is 10.2. The van der Waals surface area contributed by atoms with E-state index in [0.717, 1.165) is 16.6 Å². The van der Waals surface area contributed by atoms with Gasteiger partial charge in [-0.15, -0.1) is 0 Å². The number of H-pyrrole nitrogens is 1. The maximum absolute atomic E-state index is 11.6. The van der Waals surface area contributed by atoms with E-state index >= 15 is 0 Å². The van der Waals surface area contributed by atoms with Crippen molar-refractivity contribution in [3.63, 3.8) is 0 Å². The van der Waals surface area contributed by atoms with Crippen LogP contribution in [0.5, 0.6) is 0 Å². The number of nitrogens with one attached hydrogen (secondary N) is 3. The first-order chi connectivity index (χ1) is 9.19. The predicted octanol–water partition coefficient (Wildman–Crippen LogP) is 2.45. The third-order valence-electron chi connectivity index (χ3n) is 3.05. The van der Waals surface area contributed by atoms with Crippen molar-refractivity contribution < 1.29 is 9.90 Å². The summed E-state index contributed by atoms with van der Waals surface area (Å²) in [6, 6.07) is 7.38. The summed E-state index contributed by atoms with van der Waals surface area (Å²) in [5.74, 6) is 0. The molecule has 0 bridgehead atoms. The van der Waals surface area contributed by atoms with Crippen LogP contribution in [-0.4, -0.2) is 28.8 Å². The van der Waals surface area contributed by atoms with Crippen molar-refractivity contribution >= 4 is 22.6 Å². The number of anilines is 1. The van der Waals surface area contributed by atoms with Gasteiger partial charge >= 0.3 is 6.03 Å². The fourth-order valence-electron chi connectivity index (χ4n) is 1.86. The van der Waals surface area contributed by atoms with Gasteiger partial charge in [0.25, 0.3) is 0 Å². The molecule has 0 aliphatic heterocycles. The SMILES string of the molecule is CCC(O)CCNC(=O)Nc1ccc2[nH]ccc2c1. The van der Waals surface area contributed by atoms with Gasteiger partial charge in [-0.1, -0.05) is 6.92 Å². The fourth-order valence-corrected chi connectivity index (χ4v) is 1.86. The van der Waals surface area contributed by atoms with Crippen molar-refractivity contribution in [3.05, 3.63) is 30.5 Å². The van der Waals surface area contributed by atoms with E-state index in [1.807, 2.05) is 37.4 Å². The summed E-state index contributed by atoms with van der Waals surface area (Å²) < 4.78 is 0. The van der Waals surface area contributed by atoms with Crippen LogP contribution in [0.4, 0.5) is 10.5 Å². The number of hydrogen-bond acceptors (Lipinski definition) is 2. The molecule has 1 aromatic heterocycles. The zero-order chi connectivity index (χ0) is 13.7. The number of amides is 2. The highest BCUT2D eigenvalue weighted by atomic mass is 16.3. The predicted molar refractivity (Wildman–Crippen MR) is 76.2 cm³/mol. The van der Waals surface area contributed by atoms with Gasteiger partial charge in [0.1, 0.15) is 0 Å². The highest BCUT2D eigenvalue weighted by Gasteiger charge is 2.04. The number of hydrogen-bond donors (Lipinski definition) is 4. The Hall–Kier alpha value is -2.01. The van der Waals surface area contributed by atoms with Crippen LogP contribution in [0.25, 0.3) is 10.9 Å². The molecule has 2 amide bonds. The Balaban J connectivity index is 1.84. The molecule has 4 N–H and O–H groups in total. The van der Waals surface area contributed by atoms with E-state index in [9.17, 15) is 9.90 Å². The Kier molecular flexibility index (Phi) is 4.41. The molecule has 1 unspecified atom stereocenters. The number of benzene rings is 1. The van der Waals surface area contributed by atoms with Gasteiger partial charge in [0.2, 0.25) is 0 Å². The largest absolute Gasteiger partial charge is 0.393 e. The maximum Gasteiger partial charge on any atom is 0.319 e. The second-order valence-electron chi connectivity index (χ2n) is 4.51. The first kappa shape index (κ1) is 13.4. The molecule has 102 valence electrons. The minimum absolute atomic E-state index is 0.252. The number of carbonyl (C=O) groups is 1. The lowest BCUT2D eigenvalue weighted by molar-refractivity contribution is 0.160. The molecule has 19 heavy (non-hydrogen) atoms. The molecular weight excluding hydrogens is 242 g/mol. The van der Waals surface area contributed by atoms with Gasteiger partial charge in [-0.3, -0.25) is 0 Å². The van der Waals surface area contributed by atoms with Gasteiger partial charge in [0.05, 0.1) is 6.10 Å². The molecule has 0 fully saturated rings. The summed E-state index contributed by atoms with van der Waals surface area (Å²) in [5, 5.41) is 15.9. The Labute approximate surface area is 112 Å². The number of carbonyl (C=O) groups excluding carboxylic acids is 1. The van der Waals surface area contributed by atoms with Crippen LogP contribution in [0, 0.1) is 0 Å². The zero-order valence-electron chi connectivity index (χ0n) is 10.9. The molecule has 2 rings (SSSR count). The molecule has 5 nitrogen and oxygen atoms in total. The Morgan fingerprint density at radius 1 is 1.42 bits per heavy atom. The third kappa shape index (κ3) is 3.72. The van der Waals surface area contributed by atoms with E-state index in [-0.39, 0.29) is 12.1 Å². The molecule has 5 heteroatoms. The zero-order valence-corrected chi connectivity index (χ0v) is 10.9. The summed E-state index contributed by atoms with van der Waals surface area (Å²) in [6.45, 7) is 2.38. The van der Waals surface area contributed by atoms with Crippen LogP contribution >= 0.6 is 0 Å². The lowest BCUT2D eigenvalue weighted by Crippen LogP contribution is -2.31. The van der Waals surface area contributed by atoms with Crippen molar-refractivity contribution in [1.82, 2.24) is 10.3 Å². The highest BCUT2D eigenvalue weighted by Crippen LogP contribution is 2.17. The highest BCUT2D eigenvalue weighted by molar-refractivity contribution is 5.92. The van der Waals surface area contributed by atoms with Crippen LogP contribution in [0.1, 0.15) is 19.8 Å². The molecule has 0 spiro atoms. The lowest BCUT2D eigenvalue weighted by Gasteiger charge is -2.10. The molecule has 1 atom stereocenters. The van der Waals surface area contributed by atoms with E-state index in [1.54, 1.807) is 0 Å². The van der Waals surface area contributed by atoms with Gasteiger partial charge in [-0.25, -0.2) is 4.79 Å². The monoisotopic (exact) mass is 261 g/mol. The molecule has 1 heterocycles. The first-order valence-corrected chi connectivity index (χ1v) is 6.49. The summed E-state index contributed by atoms with van der Waals surface area (Å²) in [7, 11) is 0. The van der Waals surface area contributed by atoms with Gasteiger partial charge in [-0.05, 0) is 37.1 Å². The number of rotatable bonds is 5. The summed E-state index contributed by atoms with van der Waals surface area (Å²) in [6.07, 6.45) is 2.78. The molecule has 1 aromatic carbocycles. The van der Waals surface area contributed by atoms with Crippen molar-refractivity contribution in [2.24, 2.45) is 0 Å². The minimum atomic E-state index is -0.350.